The summed E-state index contributed by atoms with van der Waals surface area (Å²) < 4.78 is 5.31. The molecule has 0 bridgehead atoms. The van der Waals surface area contributed by atoms with E-state index >= 15 is 0 Å². The second kappa shape index (κ2) is 8.31. The lowest BCUT2D eigenvalue weighted by molar-refractivity contribution is 0.0387. The van der Waals surface area contributed by atoms with Gasteiger partial charge in [0.05, 0.1) is 18.5 Å². The SMILES string of the molecule is O=C(c1ccco1)N(Cc1ccccc1)CC1CC(c2ccccc2Cl)=NO1. The van der Waals surface area contributed by atoms with Gasteiger partial charge in [-0.1, -0.05) is 65.3 Å². The molecular formula is C22H19ClN2O3. The van der Waals surface area contributed by atoms with Crippen LogP contribution in [0.1, 0.15) is 28.1 Å². The molecule has 0 spiro atoms. The fourth-order valence-electron chi connectivity index (χ4n) is 3.21. The van der Waals surface area contributed by atoms with Gasteiger partial charge in [-0.05, 0) is 23.8 Å². The zero-order valence-electron chi connectivity index (χ0n) is 15.1. The average molecular weight is 395 g/mol. The van der Waals surface area contributed by atoms with Gasteiger partial charge in [0.15, 0.2) is 11.9 Å². The summed E-state index contributed by atoms with van der Waals surface area (Å²) in [6.07, 6.45) is 1.84. The highest BCUT2D eigenvalue weighted by Gasteiger charge is 2.28. The number of carbonyl (C=O) groups excluding carboxylic acids is 1. The Morgan fingerprint density at radius 1 is 1.07 bits per heavy atom. The van der Waals surface area contributed by atoms with Crippen LogP contribution in [0.5, 0.6) is 0 Å². The number of benzene rings is 2. The van der Waals surface area contributed by atoms with Gasteiger partial charge >= 0.3 is 0 Å². The summed E-state index contributed by atoms with van der Waals surface area (Å²) in [4.78, 5) is 20.3. The molecular weight excluding hydrogens is 376 g/mol. The fourth-order valence-corrected chi connectivity index (χ4v) is 3.45. The number of nitrogens with zero attached hydrogens (tertiary/aromatic N) is 2. The van der Waals surface area contributed by atoms with Crippen LogP contribution in [0.25, 0.3) is 0 Å². The molecule has 0 aliphatic carbocycles. The minimum absolute atomic E-state index is 0.177. The van der Waals surface area contributed by atoms with Crippen molar-refractivity contribution in [2.75, 3.05) is 6.54 Å². The molecule has 1 unspecified atom stereocenters. The van der Waals surface area contributed by atoms with Gasteiger partial charge in [0.2, 0.25) is 0 Å². The number of amides is 1. The first-order valence-electron chi connectivity index (χ1n) is 9.05. The maximum absolute atomic E-state index is 12.9. The molecule has 142 valence electrons. The van der Waals surface area contributed by atoms with E-state index in [9.17, 15) is 4.79 Å². The largest absolute Gasteiger partial charge is 0.459 e. The van der Waals surface area contributed by atoms with E-state index in [0.717, 1.165) is 16.8 Å². The summed E-state index contributed by atoms with van der Waals surface area (Å²) in [7, 11) is 0. The lowest BCUT2D eigenvalue weighted by atomic mass is 10.0. The Morgan fingerprint density at radius 3 is 2.61 bits per heavy atom. The number of hydrogen-bond donors (Lipinski definition) is 0. The van der Waals surface area contributed by atoms with E-state index in [2.05, 4.69) is 5.16 Å². The van der Waals surface area contributed by atoms with Crippen molar-refractivity contribution in [1.29, 1.82) is 0 Å². The van der Waals surface area contributed by atoms with Gasteiger partial charge in [0.1, 0.15) is 0 Å². The predicted octanol–water partition coefficient (Wildman–Crippen LogP) is 4.77. The van der Waals surface area contributed by atoms with Crippen molar-refractivity contribution in [2.24, 2.45) is 5.16 Å². The third kappa shape index (κ3) is 4.10. The summed E-state index contributed by atoms with van der Waals surface area (Å²) >= 11 is 6.27. The lowest BCUT2D eigenvalue weighted by Crippen LogP contribution is -2.37. The third-order valence-electron chi connectivity index (χ3n) is 4.58. The average Bonchev–Trinajstić information content (AvgIpc) is 3.40. The lowest BCUT2D eigenvalue weighted by Gasteiger charge is -2.24. The van der Waals surface area contributed by atoms with E-state index in [4.69, 9.17) is 20.9 Å². The Bertz CT molecular complexity index is 970. The molecule has 5 nitrogen and oxygen atoms in total. The van der Waals surface area contributed by atoms with Crippen LogP contribution in [-0.4, -0.2) is 29.2 Å². The highest BCUT2D eigenvalue weighted by Crippen LogP contribution is 2.24. The third-order valence-corrected chi connectivity index (χ3v) is 4.91. The molecule has 28 heavy (non-hydrogen) atoms. The maximum Gasteiger partial charge on any atom is 0.289 e. The van der Waals surface area contributed by atoms with Gasteiger partial charge in [0.25, 0.3) is 5.91 Å². The quantitative estimate of drug-likeness (QED) is 0.605. The number of rotatable bonds is 6. The molecule has 1 amide bonds. The van der Waals surface area contributed by atoms with Crippen molar-refractivity contribution in [3.63, 3.8) is 0 Å². The van der Waals surface area contributed by atoms with E-state index in [0.29, 0.717) is 30.3 Å². The van der Waals surface area contributed by atoms with Crippen molar-refractivity contribution in [3.8, 4) is 0 Å². The minimum Gasteiger partial charge on any atom is -0.459 e. The second-order valence-corrected chi connectivity index (χ2v) is 7.01. The summed E-state index contributed by atoms with van der Waals surface area (Å²) in [6.45, 7) is 0.855. The van der Waals surface area contributed by atoms with Crippen LogP contribution < -0.4 is 0 Å². The van der Waals surface area contributed by atoms with Crippen LogP contribution in [0, 0.1) is 0 Å². The zero-order valence-corrected chi connectivity index (χ0v) is 15.9. The van der Waals surface area contributed by atoms with Crippen molar-refractivity contribution < 1.29 is 14.0 Å². The molecule has 0 saturated carbocycles. The normalized spacial score (nSPS) is 15.8. The molecule has 0 saturated heterocycles. The Morgan fingerprint density at radius 2 is 1.86 bits per heavy atom. The minimum atomic E-state index is -0.242. The maximum atomic E-state index is 12.9. The second-order valence-electron chi connectivity index (χ2n) is 6.60. The van der Waals surface area contributed by atoms with Crippen LogP contribution in [0.15, 0.2) is 82.6 Å². The van der Waals surface area contributed by atoms with Crippen LogP contribution in [-0.2, 0) is 11.4 Å². The monoisotopic (exact) mass is 394 g/mol. The van der Waals surface area contributed by atoms with Crippen LogP contribution in [0.2, 0.25) is 5.02 Å². The molecule has 3 aromatic rings. The topological polar surface area (TPSA) is 55.0 Å². The molecule has 1 aliphatic rings. The Balaban J connectivity index is 1.49. The van der Waals surface area contributed by atoms with Crippen LogP contribution in [0.4, 0.5) is 0 Å². The molecule has 6 heteroatoms. The molecule has 4 rings (SSSR count). The Kier molecular flexibility index (Phi) is 5.44. The Hall–Kier alpha value is -3.05. The van der Waals surface area contributed by atoms with Crippen molar-refractivity contribution in [2.45, 2.75) is 19.1 Å². The number of halogens is 1. The molecule has 2 heterocycles. The highest BCUT2D eigenvalue weighted by molar-refractivity contribution is 6.34. The number of carbonyl (C=O) groups is 1. The van der Waals surface area contributed by atoms with Gasteiger partial charge in [-0.15, -0.1) is 0 Å². The first-order chi connectivity index (χ1) is 13.7. The number of furan rings is 1. The van der Waals surface area contributed by atoms with Gasteiger partial charge in [-0.2, -0.15) is 0 Å². The first kappa shape index (κ1) is 18.3. The molecule has 1 aromatic heterocycles. The van der Waals surface area contributed by atoms with E-state index in [1.165, 1.54) is 6.26 Å². The van der Waals surface area contributed by atoms with Gasteiger partial charge in [0, 0.05) is 23.6 Å². The standard InChI is InChI=1S/C22H19ClN2O3/c23-19-10-5-4-9-18(19)20-13-17(28-24-20)15-25(14-16-7-2-1-3-8-16)22(26)21-11-6-12-27-21/h1-12,17H,13-15H2. The first-order valence-corrected chi connectivity index (χ1v) is 9.43. The van der Waals surface area contributed by atoms with Gasteiger partial charge in [-0.3, -0.25) is 4.79 Å². The molecule has 0 fully saturated rings. The van der Waals surface area contributed by atoms with Crippen molar-refractivity contribution >= 4 is 23.2 Å². The summed E-state index contributed by atoms with van der Waals surface area (Å²) in [5.74, 6) is 0.129. The van der Waals surface area contributed by atoms with Gasteiger partial charge in [-0.25, -0.2) is 0 Å². The number of hydrogen-bond acceptors (Lipinski definition) is 4. The van der Waals surface area contributed by atoms with E-state index < -0.39 is 0 Å². The molecule has 0 radical (unpaired) electrons. The summed E-state index contributed by atoms with van der Waals surface area (Å²) in [5.41, 5.74) is 2.69. The molecule has 2 aromatic carbocycles. The summed E-state index contributed by atoms with van der Waals surface area (Å²) in [6, 6.07) is 20.8. The zero-order chi connectivity index (χ0) is 19.3. The van der Waals surface area contributed by atoms with Gasteiger partial charge < -0.3 is 14.2 Å². The smallest absolute Gasteiger partial charge is 0.289 e. The summed E-state index contributed by atoms with van der Waals surface area (Å²) in [5, 5.41) is 4.84. The van der Waals surface area contributed by atoms with Crippen molar-refractivity contribution in [3.05, 3.63) is 94.9 Å². The van der Waals surface area contributed by atoms with E-state index in [1.807, 2.05) is 54.6 Å². The van der Waals surface area contributed by atoms with E-state index in [-0.39, 0.29) is 12.0 Å². The molecule has 0 N–H and O–H groups in total. The van der Waals surface area contributed by atoms with E-state index in [1.54, 1.807) is 17.0 Å². The number of oxime groups is 1. The van der Waals surface area contributed by atoms with Crippen molar-refractivity contribution in [1.82, 2.24) is 4.90 Å². The molecule has 1 atom stereocenters. The Labute approximate surface area is 168 Å². The van der Waals surface area contributed by atoms with Crippen LogP contribution in [0.3, 0.4) is 0 Å². The fraction of sp³-hybridized carbons (Fsp3) is 0.182. The molecule has 1 aliphatic heterocycles. The predicted molar refractivity (Wildman–Crippen MR) is 107 cm³/mol. The highest BCUT2D eigenvalue weighted by atomic mass is 35.5. The van der Waals surface area contributed by atoms with Crippen LogP contribution >= 0.6 is 11.6 Å².